The number of nitriles is 1. The van der Waals surface area contributed by atoms with Crippen LogP contribution in [0.2, 0.25) is 0 Å². The highest BCUT2D eigenvalue weighted by molar-refractivity contribution is 7.19. The van der Waals surface area contributed by atoms with Gasteiger partial charge in [-0.1, -0.05) is 6.07 Å². The molecule has 0 bridgehead atoms. The van der Waals surface area contributed by atoms with Gasteiger partial charge in [-0.2, -0.15) is 5.26 Å². The van der Waals surface area contributed by atoms with Crippen molar-refractivity contribution in [1.29, 1.82) is 5.26 Å². The Hall–Kier alpha value is -1.44. The Kier molecular flexibility index (Phi) is 2.44. The number of methoxy groups -OCH3 is 1. The van der Waals surface area contributed by atoms with Crippen LogP contribution in [0, 0.1) is 11.3 Å². The zero-order chi connectivity index (χ0) is 9.97. The van der Waals surface area contributed by atoms with Crippen LogP contribution in [0.1, 0.15) is 10.6 Å². The lowest BCUT2D eigenvalue weighted by Gasteiger charge is -1.97. The van der Waals surface area contributed by atoms with E-state index in [1.807, 2.05) is 24.3 Å². The van der Waals surface area contributed by atoms with Crippen LogP contribution in [0.3, 0.4) is 0 Å². The number of nitrogens with zero attached hydrogens (tertiary/aromatic N) is 2. The quantitative estimate of drug-likeness (QED) is 0.754. The molecule has 14 heavy (non-hydrogen) atoms. The molecule has 0 aliphatic carbocycles. The number of aromatic nitrogens is 1. The number of benzene rings is 1. The minimum Gasteiger partial charge on any atom is -0.380 e. The summed E-state index contributed by atoms with van der Waals surface area (Å²) < 4.78 is 6.07. The second-order valence-corrected chi connectivity index (χ2v) is 3.90. The van der Waals surface area contributed by atoms with Crippen molar-refractivity contribution in [2.45, 2.75) is 6.61 Å². The van der Waals surface area contributed by atoms with Gasteiger partial charge in [-0.05, 0) is 17.7 Å². The predicted molar refractivity (Wildman–Crippen MR) is 55.0 cm³/mol. The smallest absolute Gasteiger partial charge is 0.195 e. The van der Waals surface area contributed by atoms with Gasteiger partial charge in [0, 0.05) is 7.11 Å². The van der Waals surface area contributed by atoms with Gasteiger partial charge in [0.2, 0.25) is 0 Å². The third-order valence-corrected chi connectivity index (χ3v) is 2.78. The molecule has 3 nitrogen and oxygen atoms in total. The van der Waals surface area contributed by atoms with Gasteiger partial charge in [-0.3, -0.25) is 0 Å². The number of ether oxygens (including phenoxy) is 1. The zero-order valence-corrected chi connectivity index (χ0v) is 8.47. The van der Waals surface area contributed by atoms with Gasteiger partial charge in [0.15, 0.2) is 5.01 Å². The van der Waals surface area contributed by atoms with Crippen molar-refractivity contribution in [3.8, 4) is 6.07 Å². The predicted octanol–water partition coefficient (Wildman–Crippen LogP) is 2.31. The van der Waals surface area contributed by atoms with E-state index < -0.39 is 0 Å². The number of hydrogen-bond donors (Lipinski definition) is 0. The summed E-state index contributed by atoms with van der Waals surface area (Å²) in [5, 5.41) is 9.19. The molecule has 0 unspecified atom stereocenters. The van der Waals surface area contributed by atoms with Crippen molar-refractivity contribution in [2.24, 2.45) is 0 Å². The van der Waals surface area contributed by atoms with E-state index >= 15 is 0 Å². The molecule has 0 fully saturated rings. The highest BCUT2D eigenvalue weighted by atomic mass is 32.1. The lowest BCUT2D eigenvalue weighted by molar-refractivity contribution is 0.185. The van der Waals surface area contributed by atoms with Crippen molar-refractivity contribution in [2.75, 3.05) is 7.11 Å². The molecule has 2 rings (SSSR count). The summed E-state index contributed by atoms with van der Waals surface area (Å²) in [5.41, 5.74) is 1.99. The lowest BCUT2D eigenvalue weighted by Crippen LogP contribution is -1.85. The maximum absolute atomic E-state index is 8.68. The van der Waals surface area contributed by atoms with Crippen LogP contribution < -0.4 is 0 Å². The molecule has 0 amide bonds. The first kappa shape index (κ1) is 9.13. The fraction of sp³-hybridized carbons (Fsp3) is 0.200. The molecule has 1 aromatic heterocycles. The Morgan fingerprint density at radius 2 is 2.43 bits per heavy atom. The highest BCUT2D eigenvalue weighted by Crippen LogP contribution is 2.22. The van der Waals surface area contributed by atoms with Gasteiger partial charge in [0.25, 0.3) is 0 Å². The van der Waals surface area contributed by atoms with Gasteiger partial charge < -0.3 is 4.74 Å². The Labute approximate surface area is 85.6 Å². The van der Waals surface area contributed by atoms with E-state index in [1.165, 1.54) is 11.3 Å². The minimum absolute atomic E-state index is 0.509. The fourth-order valence-electron chi connectivity index (χ4n) is 1.27. The average molecular weight is 204 g/mol. The SMILES string of the molecule is COCc1ccc2nc(C#N)sc2c1. The second-order valence-electron chi connectivity index (χ2n) is 2.87. The van der Waals surface area contributed by atoms with Crippen molar-refractivity contribution >= 4 is 21.6 Å². The van der Waals surface area contributed by atoms with E-state index in [9.17, 15) is 0 Å². The molecule has 0 aliphatic rings. The first-order chi connectivity index (χ1) is 6.83. The monoisotopic (exact) mass is 204 g/mol. The molecule has 0 aliphatic heterocycles. The summed E-state index contributed by atoms with van der Waals surface area (Å²) in [6, 6.07) is 7.94. The molecule has 0 radical (unpaired) electrons. The van der Waals surface area contributed by atoms with Crippen LogP contribution in [0.4, 0.5) is 0 Å². The average Bonchev–Trinajstić information content (AvgIpc) is 2.60. The standard InChI is InChI=1S/C10H8N2OS/c1-13-6-7-2-3-8-9(4-7)14-10(5-11)12-8/h2-4H,6H2,1H3. The molecular weight excluding hydrogens is 196 g/mol. The molecule has 1 heterocycles. The molecule has 2 aromatic rings. The fourth-order valence-corrected chi connectivity index (χ4v) is 2.10. The van der Waals surface area contributed by atoms with Crippen molar-refractivity contribution in [3.05, 3.63) is 28.8 Å². The molecule has 0 saturated carbocycles. The topological polar surface area (TPSA) is 45.9 Å². The molecule has 0 spiro atoms. The van der Waals surface area contributed by atoms with E-state index in [-0.39, 0.29) is 0 Å². The Bertz CT molecular complexity index is 498. The van der Waals surface area contributed by atoms with E-state index in [2.05, 4.69) is 4.98 Å². The third-order valence-electron chi connectivity index (χ3n) is 1.86. The summed E-state index contributed by atoms with van der Waals surface area (Å²) >= 11 is 1.41. The van der Waals surface area contributed by atoms with Crippen LogP contribution in [0.5, 0.6) is 0 Å². The number of fused-ring (bicyclic) bond motifs is 1. The molecule has 0 atom stereocenters. The van der Waals surface area contributed by atoms with Crippen molar-refractivity contribution in [1.82, 2.24) is 4.98 Å². The van der Waals surface area contributed by atoms with Crippen LogP contribution in [-0.4, -0.2) is 12.1 Å². The first-order valence-electron chi connectivity index (χ1n) is 4.12. The van der Waals surface area contributed by atoms with Gasteiger partial charge in [0.05, 0.1) is 16.8 Å². The molecule has 0 saturated heterocycles. The molecule has 70 valence electrons. The van der Waals surface area contributed by atoms with Gasteiger partial charge in [-0.25, -0.2) is 4.98 Å². The molecule has 0 N–H and O–H groups in total. The van der Waals surface area contributed by atoms with Crippen molar-refractivity contribution in [3.63, 3.8) is 0 Å². The maximum Gasteiger partial charge on any atom is 0.195 e. The van der Waals surface area contributed by atoms with Crippen LogP contribution in [0.15, 0.2) is 18.2 Å². The number of rotatable bonds is 2. The Morgan fingerprint density at radius 3 is 3.14 bits per heavy atom. The number of hydrogen-bond acceptors (Lipinski definition) is 4. The van der Waals surface area contributed by atoms with Crippen molar-refractivity contribution < 1.29 is 4.74 Å². The van der Waals surface area contributed by atoms with E-state index in [0.29, 0.717) is 11.6 Å². The summed E-state index contributed by atoms with van der Waals surface area (Å²) in [7, 11) is 1.66. The summed E-state index contributed by atoms with van der Waals surface area (Å²) in [5.74, 6) is 0. The maximum atomic E-state index is 8.68. The Balaban J connectivity index is 2.50. The van der Waals surface area contributed by atoms with E-state index in [4.69, 9.17) is 10.00 Å². The second kappa shape index (κ2) is 3.74. The molecule has 4 heteroatoms. The normalized spacial score (nSPS) is 10.3. The molecular formula is C10H8N2OS. The van der Waals surface area contributed by atoms with Crippen LogP contribution >= 0.6 is 11.3 Å². The highest BCUT2D eigenvalue weighted by Gasteiger charge is 2.03. The van der Waals surface area contributed by atoms with E-state index in [1.54, 1.807) is 7.11 Å². The molecule has 1 aromatic carbocycles. The Morgan fingerprint density at radius 1 is 1.57 bits per heavy atom. The summed E-state index contributed by atoms with van der Waals surface area (Å²) in [6.45, 7) is 0.593. The third kappa shape index (κ3) is 1.60. The summed E-state index contributed by atoms with van der Waals surface area (Å²) in [6.07, 6.45) is 0. The van der Waals surface area contributed by atoms with Crippen LogP contribution in [0.25, 0.3) is 10.2 Å². The van der Waals surface area contributed by atoms with E-state index in [0.717, 1.165) is 15.8 Å². The zero-order valence-electron chi connectivity index (χ0n) is 7.65. The largest absolute Gasteiger partial charge is 0.380 e. The van der Waals surface area contributed by atoms with Gasteiger partial charge in [-0.15, -0.1) is 11.3 Å². The van der Waals surface area contributed by atoms with Crippen LogP contribution in [-0.2, 0) is 11.3 Å². The number of thiazole rings is 1. The van der Waals surface area contributed by atoms with Gasteiger partial charge in [0.1, 0.15) is 6.07 Å². The van der Waals surface area contributed by atoms with Gasteiger partial charge >= 0.3 is 0 Å². The summed E-state index contributed by atoms with van der Waals surface area (Å²) in [4.78, 5) is 4.15. The lowest BCUT2D eigenvalue weighted by atomic mass is 10.2. The minimum atomic E-state index is 0.509. The first-order valence-corrected chi connectivity index (χ1v) is 4.93.